The van der Waals surface area contributed by atoms with E-state index in [0.29, 0.717) is 0 Å². The monoisotopic (exact) mass is 169 g/mol. The largest absolute Gasteiger partial charge is 0.317 e. The molecule has 0 heterocycles. The van der Waals surface area contributed by atoms with Crippen molar-refractivity contribution in [2.45, 2.75) is 0 Å². The maximum atomic E-state index is 9.35. The Bertz CT molecular complexity index is 86.6. The second kappa shape index (κ2) is 6.30. The first-order valence-corrected chi connectivity index (χ1v) is 3.10. The molecular formula is H2NaO5S2. The molecule has 5 nitrogen and oxygen atoms in total. The fraction of sp³-hybridized carbons (Fsp3) is 0. The summed E-state index contributed by atoms with van der Waals surface area (Å²) in [7, 11) is 0. The van der Waals surface area contributed by atoms with E-state index in [1.54, 1.807) is 0 Å². The SMILES string of the molecule is O=S(O)OS(=O)O.[Na]. The van der Waals surface area contributed by atoms with Crippen LogP contribution in [0.4, 0.5) is 0 Å². The van der Waals surface area contributed by atoms with Crippen LogP contribution in [0.3, 0.4) is 0 Å². The molecule has 0 unspecified atom stereocenters. The normalized spacial score (nSPS) is 16.2. The minimum atomic E-state index is -2.65. The van der Waals surface area contributed by atoms with E-state index < -0.39 is 22.7 Å². The van der Waals surface area contributed by atoms with Gasteiger partial charge in [0.25, 0.3) is 0 Å². The van der Waals surface area contributed by atoms with Crippen molar-refractivity contribution in [3.8, 4) is 0 Å². The molecule has 1 radical (unpaired) electrons. The molecule has 0 aliphatic rings. The van der Waals surface area contributed by atoms with Crippen molar-refractivity contribution < 1.29 is 21.2 Å². The zero-order valence-corrected chi connectivity index (χ0v) is 7.57. The minimum Gasteiger partial charge on any atom is -0.283 e. The molecule has 8 heavy (non-hydrogen) atoms. The van der Waals surface area contributed by atoms with E-state index in [-0.39, 0.29) is 29.6 Å². The molecule has 0 aromatic carbocycles. The van der Waals surface area contributed by atoms with Crippen LogP contribution >= 0.6 is 0 Å². The van der Waals surface area contributed by atoms with Gasteiger partial charge in [-0.25, -0.2) is 0 Å². The summed E-state index contributed by atoms with van der Waals surface area (Å²) < 4.78 is 37.2. The van der Waals surface area contributed by atoms with Crippen molar-refractivity contribution in [2.75, 3.05) is 0 Å². The van der Waals surface area contributed by atoms with E-state index in [4.69, 9.17) is 9.11 Å². The third-order valence-electron chi connectivity index (χ3n) is 0.116. The first kappa shape index (κ1) is 11.9. The van der Waals surface area contributed by atoms with Crippen LogP contribution in [0.2, 0.25) is 0 Å². The molecular weight excluding hydrogens is 167 g/mol. The maximum absolute atomic E-state index is 9.35. The van der Waals surface area contributed by atoms with Gasteiger partial charge in [0.1, 0.15) is 0 Å². The molecule has 0 aliphatic carbocycles. The van der Waals surface area contributed by atoms with Gasteiger partial charge < -0.3 is 0 Å². The summed E-state index contributed by atoms with van der Waals surface area (Å²) in [6.07, 6.45) is 0. The van der Waals surface area contributed by atoms with Crippen molar-refractivity contribution >= 4 is 52.3 Å². The topological polar surface area (TPSA) is 83.8 Å². The van der Waals surface area contributed by atoms with Crippen LogP contribution in [0.5, 0.6) is 0 Å². The van der Waals surface area contributed by atoms with Crippen molar-refractivity contribution in [3.05, 3.63) is 0 Å². The quantitative estimate of drug-likeness (QED) is 0.404. The van der Waals surface area contributed by atoms with Crippen LogP contribution in [0.1, 0.15) is 0 Å². The molecule has 0 atom stereocenters. The predicted octanol–water partition coefficient (Wildman–Crippen LogP) is -1.10. The van der Waals surface area contributed by atoms with Gasteiger partial charge in [0.15, 0.2) is 0 Å². The fourth-order valence-electron chi connectivity index (χ4n) is 0.0498. The van der Waals surface area contributed by atoms with Gasteiger partial charge in [0, 0.05) is 29.6 Å². The minimum absolute atomic E-state index is 0. The Morgan fingerprint density at radius 1 is 1.12 bits per heavy atom. The van der Waals surface area contributed by atoms with Gasteiger partial charge in [-0.1, -0.05) is 0 Å². The molecule has 0 bridgehead atoms. The standard InChI is InChI=1S/Na.H2O5S2/c;1-6(2)5-7(3)4/h;(H,1,2)(H,3,4). The van der Waals surface area contributed by atoms with Gasteiger partial charge >= 0.3 is 22.7 Å². The molecule has 0 fully saturated rings. The first-order chi connectivity index (χ1) is 3.13. The number of hydrogen-bond donors (Lipinski definition) is 2. The van der Waals surface area contributed by atoms with E-state index in [9.17, 15) is 8.42 Å². The van der Waals surface area contributed by atoms with Crippen LogP contribution in [-0.4, -0.2) is 47.1 Å². The van der Waals surface area contributed by atoms with Crippen LogP contribution in [0, 0.1) is 0 Å². The summed E-state index contributed by atoms with van der Waals surface area (Å²) in [5, 5.41) is 0. The maximum Gasteiger partial charge on any atom is 0.317 e. The zero-order valence-electron chi connectivity index (χ0n) is 3.94. The van der Waals surface area contributed by atoms with Gasteiger partial charge in [-0.15, -0.1) is 3.63 Å². The predicted molar refractivity (Wildman–Crippen MR) is 28.4 cm³/mol. The second-order valence-corrected chi connectivity index (χ2v) is 1.92. The fourth-order valence-corrected chi connectivity index (χ4v) is 0.448. The molecule has 0 aliphatic heterocycles. The Hall–Kier alpha value is 1.18. The second-order valence-electron chi connectivity index (χ2n) is 0.502. The molecule has 0 saturated carbocycles. The van der Waals surface area contributed by atoms with Crippen molar-refractivity contribution in [1.82, 2.24) is 0 Å². The molecule has 0 aromatic rings. The van der Waals surface area contributed by atoms with Crippen LogP contribution in [-0.2, 0) is 26.4 Å². The number of hydrogen-bond acceptors (Lipinski definition) is 3. The summed E-state index contributed by atoms with van der Waals surface area (Å²) in [6, 6.07) is 0. The van der Waals surface area contributed by atoms with Crippen molar-refractivity contribution in [2.24, 2.45) is 0 Å². The Labute approximate surface area is 73.1 Å². The summed E-state index contributed by atoms with van der Waals surface area (Å²) >= 11 is -5.29. The van der Waals surface area contributed by atoms with Gasteiger partial charge in [-0.3, -0.25) is 9.11 Å². The molecule has 0 amide bonds. The van der Waals surface area contributed by atoms with Crippen LogP contribution in [0.15, 0.2) is 0 Å². The number of rotatable bonds is 2. The Morgan fingerprint density at radius 2 is 1.38 bits per heavy atom. The van der Waals surface area contributed by atoms with Gasteiger partial charge in [-0.05, 0) is 0 Å². The molecule has 0 aromatic heterocycles. The molecule has 0 spiro atoms. The molecule has 8 heteroatoms. The van der Waals surface area contributed by atoms with E-state index in [0.717, 1.165) is 0 Å². The smallest absolute Gasteiger partial charge is 0.283 e. The molecule has 45 valence electrons. The molecule has 0 saturated heterocycles. The average molecular weight is 169 g/mol. The molecule has 0 rings (SSSR count). The Balaban J connectivity index is 0. The Kier molecular flexibility index (Phi) is 9.39. The van der Waals surface area contributed by atoms with E-state index in [1.807, 2.05) is 0 Å². The third-order valence-corrected chi connectivity index (χ3v) is 1.05. The van der Waals surface area contributed by atoms with E-state index in [1.165, 1.54) is 0 Å². The van der Waals surface area contributed by atoms with Crippen LogP contribution < -0.4 is 0 Å². The summed E-state index contributed by atoms with van der Waals surface area (Å²) in [6.45, 7) is 0. The van der Waals surface area contributed by atoms with Crippen molar-refractivity contribution in [1.29, 1.82) is 0 Å². The van der Waals surface area contributed by atoms with Gasteiger partial charge in [0.2, 0.25) is 0 Å². The average Bonchev–Trinajstić information content (AvgIpc) is 1.27. The summed E-state index contributed by atoms with van der Waals surface area (Å²) in [5.74, 6) is 0. The molecule has 2 N–H and O–H groups in total. The summed E-state index contributed by atoms with van der Waals surface area (Å²) in [5.41, 5.74) is 0. The van der Waals surface area contributed by atoms with Crippen LogP contribution in [0.25, 0.3) is 0 Å². The van der Waals surface area contributed by atoms with Gasteiger partial charge in [-0.2, -0.15) is 8.42 Å². The third kappa shape index (κ3) is 10.2. The van der Waals surface area contributed by atoms with Gasteiger partial charge in [0.05, 0.1) is 0 Å². The van der Waals surface area contributed by atoms with E-state index in [2.05, 4.69) is 3.63 Å². The Morgan fingerprint density at radius 3 is 1.38 bits per heavy atom. The first-order valence-electron chi connectivity index (χ1n) is 1.03. The summed E-state index contributed by atoms with van der Waals surface area (Å²) in [4.78, 5) is 0. The van der Waals surface area contributed by atoms with E-state index >= 15 is 0 Å². The van der Waals surface area contributed by atoms with Crippen molar-refractivity contribution in [3.63, 3.8) is 0 Å². The zero-order chi connectivity index (χ0) is 5.86.